The van der Waals surface area contributed by atoms with Gasteiger partial charge in [-0.2, -0.15) is 0 Å². The Balaban J connectivity index is 1.75. The van der Waals surface area contributed by atoms with Crippen LogP contribution in [0.3, 0.4) is 0 Å². The van der Waals surface area contributed by atoms with Gasteiger partial charge in [0.05, 0.1) is 12.4 Å². The number of terminal acetylenes is 1. The maximum absolute atomic E-state index is 10.5. The van der Waals surface area contributed by atoms with Gasteiger partial charge >= 0.3 is 0 Å². The molecule has 140 valence electrons. The number of nitrogens with one attached hydrogen (secondary N) is 1. The smallest absolute Gasteiger partial charge is 0.167 e. The molecule has 0 unspecified atom stereocenters. The molecule has 26 heavy (non-hydrogen) atoms. The quantitative estimate of drug-likeness (QED) is 0.297. The number of anilines is 1. The predicted octanol–water partition coefficient (Wildman–Crippen LogP) is -0.0751. The lowest BCUT2D eigenvalue weighted by atomic mass is 9.95. The van der Waals surface area contributed by atoms with Gasteiger partial charge in [0, 0.05) is 12.5 Å². The monoisotopic (exact) mass is 378 g/mol. The van der Waals surface area contributed by atoms with E-state index < -0.39 is 24.5 Å². The van der Waals surface area contributed by atoms with Crippen molar-refractivity contribution >= 4 is 28.9 Å². The van der Waals surface area contributed by atoms with Crippen molar-refractivity contribution < 1.29 is 14.9 Å². The molecule has 0 saturated carbocycles. The summed E-state index contributed by atoms with van der Waals surface area (Å²) in [5.74, 6) is 2.90. The molecule has 1 fully saturated rings. The van der Waals surface area contributed by atoms with Gasteiger partial charge < -0.3 is 20.7 Å². The van der Waals surface area contributed by atoms with Crippen LogP contribution in [0.4, 0.5) is 5.82 Å². The Hall–Kier alpha value is -1.90. The zero-order valence-electron chi connectivity index (χ0n) is 14.3. The molecule has 5 N–H and O–H groups in total. The number of aliphatic hydroxyl groups excluding tert-OH is 2. The van der Waals surface area contributed by atoms with Gasteiger partial charge in [0.1, 0.15) is 24.1 Å². The predicted molar refractivity (Wildman–Crippen MR) is 98.7 cm³/mol. The van der Waals surface area contributed by atoms with Crippen molar-refractivity contribution in [2.75, 3.05) is 18.5 Å². The van der Waals surface area contributed by atoms with Gasteiger partial charge in [-0.25, -0.2) is 15.0 Å². The molecule has 0 bridgehead atoms. The van der Waals surface area contributed by atoms with Gasteiger partial charge in [0.15, 0.2) is 17.7 Å². The van der Waals surface area contributed by atoms with E-state index in [9.17, 15) is 10.2 Å². The molecule has 2 aromatic rings. The second-order valence-corrected chi connectivity index (χ2v) is 6.81. The van der Waals surface area contributed by atoms with E-state index >= 15 is 0 Å². The minimum atomic E-state index is -1.13. The molecule has 2 aromatic heterocycles. The topological polar surface area (TPSA) is 131 Å². The third-order valence-corrected chi connectivity index (χ3v) is 4.98. The zero-order valence-corrected chi connectivity index (χ0v) is 15.1. The van der Waals surface area contributed by atoms with Gasteiger partial charge in [0.2, 0.25) is 0 Å². The van der Waals surface area contributed by atoms with E-state index in [-0.39, 0.29) is 11.7 Å². The highest BCUT2D eigenvalue weighted by atomic mass is 32.2. The highest BCUT2D eigenvalue weighted by Gasteiger charge is 2.44. The molecule has 0 spiro atoms. The lowest BCUT2D eigenvalue weighted by Crippen LogP contribution is -2.32. The first kappa shape index (κ1) is 18.9. The second kappa shape index (κ2) is 8.20. The lowest BCUT2D eigenvalue weighted by Gasteiger charge is -2.18. The van der Waals surface area contributed by atoms with Crippen molar-refractivity contribution in [3.05, 3.63) is 12.7 Å². The average Bonchev–Trinajstić information content (AvgIpc) is 3.18. The molecule has 0 amide bonds. The number of ether oxygens (including phenoxy) is 1. The van der Waals surface area contributed by atoms with E-state index in [0.29, 0.717) is 17.6 Å². The maximum atomic E-state index is 10.5. The van der Waals surface area contributed by atoms with E-state index in [1.807, 2.05) is 6.26 Å². The van der Waals surface area contributed by atoms with Crippen LogP contribution in [0, 0.1) is 18.3 Å². The van der Waals surface area contributed by atoms with Crippen LogP contribution in [0.2, 0.25) is 0 Å². The standard InChI is InChI=1S/C16H22N6O3S/c1-3-9(4-5-21-26-2)6-10-12(23)13(24)16(25-10)22-8-20-11-14(17)18-7-19-15(11)22/h1,7-10,12-13,16,21,23-24H,4-6H2,2H3,(H2,17,18,19)/t9-,10+,12+,13+,16+/m0/s1. The van der Waals surface area contributed by atoms with Gasteiger partial charge in [-0.3, -0.25) is 9.29 Å². The SMILES string of the molecule is C#C[C@@H](CCNSC)C[C@H]1O[C@@H](n2cnc3c(N)ncnc32)[C@H](O)[C@@H]1O. The van der Waals surface area contributed by atoms with Crippen molar-refractivity contribution in [3.8, 4) is 12.3 Å². The van der Waals surface area contributed by atoms with Crippen LogP contribution in [-0.2, 0) is 4.74 Å². The number of rotatable bonds is 7. The Morgan fingerprint density at radius 2 is 2.23 bits per heavy atom. The summed E-state index contributed by atoms with van der Waals surface area (Å²) in [6.07, 6.45) is 7.95. The average molecular weight is 378 g/mol. The fraction of sp³-hybridized carbons (Fsp3) is 0.562. The number of hydrogen-bond donors (Lipinski definition) is 4. The van der Waals surface area contributed by atoms with Gasteiger partial charge in [0.25, 0.3) is 0 Å². The molecule has 3 rings (SSSR count). The number of aliphatic hydroxyl groups is 2. The molecule has 1 aliphatic rings. The fourth-order valence-electron chi connectivity index (χ4n) is 3.09. The first-order valence-electron chi connectivity index (χ1n) is 8.23. The Morgan fingerprint density at radius 3 is 2.96 bits per heavy atom. The summed E-state index contributed by atoms with van der Waals surface area (Å²) < 4.78 is 10.6. The van der Waals surface area contributed by atoms with E-state index in [1.165, 1.54) is 24.6 Å². The summed E-state index contributed by atoms with van der Waals surface area (Å²) >= 11 is 1.53. The largest absolute Gasteiger partial charge is 0.388 e. The number of aromatic nitrogens is 4. The van der Waals surface area contributed by atoms with Gasteiger partial charge in [-0.05, 0) is 19.1 Å². The number of imidazole rings is 1. The molecular weight excluding hydrogens is 356 g/mol. The Kier molecular flexibility index (Phi) is 5.95. The first-order chi connectivity index (χ1) is 12.6. The molecule has 10 heteroatoms. The third-order valence-electron chi connectivity index (χ3n) is 4.49. The number of hydrogen-bond acceptors (Lipinski definition) is 9. The summed E-state index contributed by atoms with van der Waals surface area (Å²) in [6, 6.07) is 0. The molecule has 1 saturated heterocycles. The Bertz CT molecular complexity index is 794. The molecule has 0 radical (unpaired) electrons. The van der Waals surface area contributed by atoms with Crippen molar-refractivity contribution in [1.29, 1.82) is 0 Å². The molecule has 9 nitrogen and oxygen atoms in total. The molecule has 5 atom stereocenters. The van der Waals surface area contributed by atoms with Crippen molar-refractivity contribution in [1.82, 2.24) is 24.2 Å². The molecule has 0 aromatic carbocycles. The van der Waals surface area contributed by atoms with Gasteiger partial charge in [-0.1, -0.05) is 11.9 Å². The molecule has 3 heterocycles. The summed E-state index contributed by atoms with van der Waals surface area (Å²) in [7, 11) is 0. The minimum Gasteiger partial charge on any atom is -0.388 e. The molecule has 1 aliphatic heterocycles. The third kappa shape index (κ3) is 3.62. The summed E-state index contributed by atoms with van der Waals surface area (Å²) in [4.78, 5) is 12.2. The zero-order chi connectivity index (χ0) is 18.7. The normalized spacial score (nSPS) is 26.8. The van der Waals surface area contributed by atoms with E-state index in [2.05, 4.69) is 25.6 Å². The van der Waals surface area contributed by atoms with Crippen LogP contribution in [0.5, 0.6) is 0 Å². The minimum absolute atomic E-state index is 0.0715. The van der Waals surface area contributed by atoms with Crippen LogP contribution in [0.25, 0.3) is 11.2 Å². The summed E-state index contributed by atoms with van der Waals surface area (Å²) in [6.45, 7) is 0.757. The second-order valence-electron chi connectivity index (χ2n) is 6.12. The van der Waals surface area contributed by atoms with Gasteiger partial charge in [-0.15, -0.1) is 12.3 Å². The molecular formula is C16H22N6O3S. The first-order valence-corrected chi connectivity index (χ1v) is 9.45. The molecule has 0 aliphatic carbocycles. The Morgan fingerprint density at radius 1 is 1.42 bits per heavy atom. The van der Waals surface area contributed by atoms with E-state index in [1.54, 1.807) is 4.57 Å². The summed E-state index contributed by atoms with van der Waals surface area (Å²) in [5, 5.41) is 20.9. The Labute approximate surface area is 155 Å². The van der Waals surface area contributed by atoms with Crippen molar-refractivity contribution in [3.63, 3.8) is 0 Å². The van der Waals surface area contributed by atoms with E-state index in [0.717, 1.165) is 13.0 Å². The van der Waals surface area contributed by atoms with Crippen LogP contribution < -0.4 is 10.5 Å². The lowest BCUT2D eigenvalue weighted by molar-refractivity contribution is -0.0396. The highest BCUT2D eigenvalue weighted by Crippen LogP contribution is 2.34. The van der Waals surface area contributed by atoms with Crippen molar-refractivity contribution in [2.45, 2.75) is 37.4 Å². The highest BCUT2D eigenvalue weighted by molar-refractivity contribution is 7.96. The van der Waals surface area contributed by atoms with E-state index in [4.69, 9.17) is 16.9 Å². The van der Waals surface area contributed by atoms with Crippen molar-refractivity contribution in [2.24, 2.45) is 5.92 Å². The van der Waals surface area contributed by atoms with Crippen LogP contribution in [0.15, 0.2) is 12.7 Å². The van der Waals surface area contributed by atoms with Crippen LogP contribution in [0.1, 0.15) is 19.1 Å². The maximum Gasteiger partial charge on any atom is 0.167 e. The number of nitrogen functional groups attached to an aromatic ring is 1. The van der Waals surface area contributed by atoms with Crippen LogP contribution >= 0.6 is 11.9 Å². The summed E-state index contributed by atoms with van der Waals surface area (Å²) in [5.41, 5.74) is 6.65. The number of fused-ring (bicyclic) bond motifs is 1. The number of nitrogens with two attached hydrogens (primary N) is 1. The number of nitrogens with zero attached hydrogens (tertiary/aromatic N) is 4. The fourth-order valence-corrected chi connectivity index (χ4v) is 3.42. The van der Waals surface area contributed by atoms with Crippen LogP contribution in [-0.4, -0.2) is 60.8 Å².